The minimum Gasteiger partial charge on any atom is -0.499 e. The zero-order valence-electron chi connectivity index (χ0n) is 11.4. The minimum atomic E-state index is -5.10. The number of carbonyl (C=O) groups is 1. The number of rotatable bonds is 3. The summed E-state index contributed by atoms with van der Waals surface area (Å²) in [5.74, 6) is -2.94. The summed E-state index contributed by atoms with van der Waals surface area (Å²) in [5, 5.41) is 9.34. The van der Waals surface area contributed by atoms with Gasteiger partial charge in [-0.1, -0.05) is 0 Å². The maximum absolute atomic E-state index is 12.7. The fourth-order valence-electron chi connectivity index (χ4n) is 1.95. The molecule has 1 heterocycles. The molecule has 0 unspecified atom stereocenters. The third-order valence-corrected chi connectivity index (χ3v) is 3.04. The molecule has 0 aliphatic carbocycles. The van der Waals surface area contributed by atoms with Crippen LogP contribution in [-0.2, 0) is 0 Å². The molecule has 0 atom stereocenters. The number of aromatic hydroxyl groups is 1. The van der Waals surface area contributed by atoms with Gasteiger partial charge < -0.3 is 10.0 Å². The van der Waals surface area contributed by atoms with Crippen molar-refractivity contribution < 1.29 is 27.6 Å². The van der Waals surface area contributed by atoms with Crippen molar-refractivity contribution in [3.05, 3.63) is 44.5 Å². The van der Waals surface area contributed by atoms with E-state index in [0.29, 0.717) is 0 Å². The van der Waals surface area contributed by atoms with Crippen LogP contribution < -0.4 is 20.3 Å². The highest BCUT2D eigenvalue weighted by Crippen LogP contribution is 2.27. The van der Waals surface area contributed by atoms with Gasteiger partial charge in [0.2, 0.25) is 5.75 Å². The molecule has 116 valence electrons. The Hall–Kier alpha value is -2.71. The molecule has 0 aliphatic rings. The lowest BCUT2D eigenvalue weighted by atomic mass is 10.1. The summed E-state index contributed by atoms with van der Waals surface area (Å²) >= 11 is 0. The number of hydrogen-bond acceptors (Lipinski definition) is 5. The number of anilines is 1. The van der Waals surface area contributed by atoms with Crippen molar-refractivity contribution in [2.24, 2.45) is 0 Å². The number of alkyl halides is 3. The van der Waals surface area contributed by atoms with Gasteiger partial charge in [0.15, 0.2) is 12.4 Å². The van der Waals surface area contributed by atoms with E-state index >= 15 is 0 Å². The fourth-order valence-corrected chi connectivity index (χ4v) is 1.95. The van der Waals surface area contributed by atoms with Crippen LogP contribution in [-0.4, -0.2) is 31.2 Å². The van der Waals surface area contributed by atoms with Gasteiger partial charge >= 0.3 is 17.3 Å². The second-order valence-electron chi connectivity index (χ2n) is 4.73. The van der Waals surface area contributed by atoms with Crippen molar-refractivity contribution in [2.75, 3.05) is 19.0 Å². The van der Waals surface area contributed by atoms with Gasteiger partial charge in [0.05, 0.1) is 5.69 Å². The Balaban J connectivity index is 2.66. The number of carbonyl (C=O) groups excluding carboxylic acids is 1. The molecule has 0 aliphatic heterocycles. The van der Waals surface area contributed by atoms with Crippen LogP contribution in [0.2, 0.25) is 0 Å². The number of halogens is 3. The monoisotopic (exact) mass is 315 g/mol. The number of aromatic nitrogens is 1. The van der Waals surface area contributed by atoms with E-state index in [1.165, 1.54) is 31.3 Å². The van der Waals surface area contributed by atoms with Gasteiger partial charge in [-0.15, -0.1) is 0 Å². The molecule has 1 aromatic carbocycles. The standard InChI is InChI=1S/C13H9F3N2O4/c1-17(2)7-3-4-18(8-9(19)11(21)10(8)20)5-6(7)12(22)13(14,15)16/h3-5H,1-2H3/p+1. The van der Waals surface area contributed by atoms with E-state index < -0.39 is 39.8 Å². The van der Waals surface area contributed by atoms with Gasteiger partial charge in [-0.25, -0.2) is 0 Å². The van der Waals surface area contributed by atoms with Crippen molar-refractivity contribution in [2.45, 2.75) is 6.18 Å². The summed E-state index contributed by atoms with van der Waals surface area (Å²) < 4.78 is 38.8. The maximum atomic E-state index is 12.7. The minimum absolute atomic E-state index is 0.0169. The lowest BCUT2D eigenvalue weighted by molar-refractivity contribution is -0.598. The summed E-state index contributed by atoms with van der Waals surface area (Å²) in [6, 6.07) is 1.18. The van der Waals surface area contributed by atoms with Crippen LogP contribution in [0.5, 0.6) is 5.75 Å². The SMILES string of the molecule is CN(C)c1cc[n+](-c2c(O)c(=O)c2=O)cc1C(=O)C(F)(F)F. The van der Waals surface area contributed by atoms with E-state index in [9.17, 15) is 32.7 Å². The largest absolute Gasteiger partial charge is 0.499 e. The average Bonchev–Trinajstić information content (AvgIpc) is 2.44. The Kier molecular flexibility index (Phi) is 3.52. The molecular formula is C13H10F3N2O4+. The Morgan fingerprint density at radius 1 is 1.23 bits per heavy atom. The van der Waals surface area contributed by atoms with Crippen molar-refractivity contribution in [3.8, 4) is 11.4 Å². The Labute approximate surface area is 121 Å². The molecule has 0 spiro atoms. The summed E-state index contributed by atoms with van der Waals surface area (Å²) in [7, 11) is 2.89. The zero-order chi connectivity index (χ0) is 16.8. The van der Waals surface area contributed by atoms with E-state index in [2.05, 4.69) is 0 Å². The summed E-state index contributed by atoms with van der Waals surface area (Å²) in [5.41, 5.74) is -3.34. The Morgan fingerprint density at radius 3 is 2.27 bits per heavy atom. The van der Waals surface area contributed by atoms with Crippen LogP contribution >= 0.6 is 0 Å². The first-order chi connectivity index (χ1) is 10.1. The first-order valence-corrected chi connectivity index (χ1v) is 5.92. The van der Waals surface area contributed by atoms with Gasteiger partial charge in [0.25, 0.3) is 11.2 Å². The van der Waals surface area contributed by atoms with Gasteiger partial charge in [-0.3, -0.25) is 14.4 Å². The lowest BCUT2D eigenvalue weighted by Gasteiger charge is -2.16. The molecule has 1 N–H and O–H groups in total. The third kappa shape index (κ3) is 2.34. The van der Waals surface area contributed by atoms with E-state index in [4.69, 9.17) is 0 Å². The average molecular weight is 315 g/mol. The van der Waals surface area contributed by atoms with Crippen LogP contribution in [0.3, 0.4) is 0 Å². The number of Topliss-reactive ketones (excluding diaryl/α,β-unsaturated/α-hetero) is 1. The predicted molar refractivity (Wildman–Crippen MR) is 69.3 cm³/mol. The molecular weight excluding hydrogens is 305 g/mol. The van der Waals surface area contributed by atoms with Gasteiger partial charge in [0, 0.05) is 20.2 Å². The molecule has 0 amide bonds. The lowest BCUT2D eigenvalue weighted by Crippen LogP contribution is -2.47. The molecule has 1 aromatic heterocycles. The molecule has 0 saturated heterocycles. The second kappa shape index (κ2) is 4.93. The summed E-state index contributed by atoms with van der Waals surface area (Å²) in [6.45, 7) is 0. The van der Waals surface area contributed by atoms with Crippen LogP contribution in [0.25, 0.3) is 5.69 Å². The maximum Gasteiger partial charge on any atom is 0.455 e. The van der Waals surface area contributed by atoms with Crippen LogP contribution in [0.1, 0.15) is 10.4 Å². The molecule has 0 bridgehead atoms. The highest BCUT2D eigenvalue weighted by Gasteiger charge is 2.43. The second-order valence-corrected chi connectivity index (χ2v) is 4.73. The van der Waals surface area contributed by atoms with Crippen molar-refractivity contribution in [1.82, 2.24) is 0 Å². The van der Waals surface area contributed by atoms with Crippen molar-refractivity contribution >= 4 is 11.5 Å². The number of pyridine rings is 1. The Bertz CT molecular complexity index is 833. The number of nitrogens with zero attached hydrogens (tertiary/aromatic N) is 2. The molecule has 2 aromatic rings. The molecule has 9 heteroatoms. The normalized spacial score (nSPS) is 11.7. The summed E-state index contributed by atoms with van der Waals surface area (Å²) in [6.07, 6.45) is -3.15. The molecule has 0 radical (unpaired) electrons. The van der Waals surface area contributed by atoms with E-state index in [1.54, 1.807) is 0 Å². The predicted octanol–water partition coefficient (Wildman–Crippen LogP) is 0.0759. The van der Waals surface area contributed by atoms with E-state index in [0.717, 1.165) is 10.8 Å². The number of ketones is 1. The topological polar surface area (TPSA) is 78.6 Å². The summed E-state index contributed by atoms with van der Waals surface area (Å²) in [4.78, 5) is 35.1. The third-order valence-electron chi connectivity index (χ3n) is 3.04. The van der Waals surface area contributed by atoms with Crippen molar-refractivity contribution in [3.63, 3.8) is 0 Å². The van der Waals surface area contributed by atoms with Crippen LogP contribution in [0, 0.1) is 0 Å². The van der Waals surface area contributed by atoms with E-state index in [-0.39, 0.29) is 5.69 Å². The van der Waals surface area contributed by atoms with Gasteiger partial charge in [0.1, 0.15) is 5.56 Å². The number of hydrogen-bond donors (Lipinski definition) is 1. The smallest absolute Gasteiger partial charge is 0.455 e. The quantitative estimate of drug-likeness (QED) is 0.493. The van der Waals surface area contributed by atoms with Crippen molar-refractivity contribution in [1.29, 1.82) is 0 Å². The van der Waals surface area contributed by atoms with Gasteiger partial charge in [-0.2, -0.15) is 17.7 Å². The molecule has 2 rings (SSSR count). The highest BCUT2D eigenvalue weighted by molar-refractivity contribution is 6.04. The first kappa shape index (κ1) is 15.7. The molecule has 22 heavy (non-hydrogen) atoms. The fraction of sp³-hybridized carbons (Fsp3) is 0.231. The zero-order valence-corrected chi connectivity index (χ0v) is 11.4. The van der Waals surface area contributed by atoms with Crippen LogP contribution in [0.4, 0.5) is 18.9 Å². The molecule has 0 fully saturated rings. The van der Waals surface area contributed by atoms with E-state index in [1.807, 2.05) is 0 Å². The van der Waals surface area contributed by atoms with Gasteiger partial charge in [-0.05, 0) is 0 Å². The highest BCUT2D eigenvalue weighted by atomic mass is 19.4. The molecule has 0 saturated carbocycles. The van der Waals surface area contributed by atoms with Crippen LogP contribution in [0.15, 0.2) is 28.0 Å². The first-order valence-electron chi connectivity index (χ1n) is 5.92. The molecule has 6 nitrogen and oxygen atoms in total. The Morgan fingerprint density at radius 2 is 1.82 bits per heavy atom.